The van der Waals surface area contributed by atoms with Gasteiger partial charge in [-0.2, -0.15) is 0 Å². The van der Waals surface area contributed by atoms with Gasteiger partial charge in [-0.25, -0.2) is 4.79 Å². The zero-order valence-electron chi connectivity index (χ0n) is 21.3. The maximum absolute atomic E-state index is 13.2. The number of hydrogen-bond acceptors (Lipinski definition) is 7. The van der Waals surface area contributed by atoms with Crippen LogP contribution in [0.1, 0.15) is 52.0 Å². The number of aliphatic hydroxyl groups is 1. The number of benzene rings is 1. The van der Waals surface area contributed by atoms with Gasteiger partial charge >= 0.3 is 5.97 Å². The van der Waals surface area contributed by atoms with Crippen LogP contribution in [-0.2, 0) is 25.6 Å². The standard InChI is InChI=1S/C25H41N5O6/c1-15(2)13-18(27)22(32)28-19(11-7-8-12-26)23(33)29-20(14-17-9-5-4-6-10-17)24(34)30-21(16(3)31)25(35)36/h4-6,9-10,15-16,18-21,31H,7-8,11-14,26-27H2,1-3H3,(H,28,32)(H,29,33)(H,30,34)(H,35,36). The Balaban J connectivity index is 3.10. The number of nitrogens with one attached hydrogen (secondary N) is 3. The molecule has 0 spiro atoms. The summed E-state index contributed by atoms with van der Waals surface area (Å²) in [6, 6.07) is 4.42. The van der Waals surface area contributed by atoms with E-state index in [1.54, 1.807) is 30.3 Å². The van der Waals surface area contributed by atoms with Crippen LogP contribution in [0.4, 0.5) is 0 Å². The first-order valence-corrected chi connectivity index (χ1v) is 12.3. The number of carbonyl (C=O) groups excluding carboxylic acids is 3. The number of nitrogens with two attached hydrogens (primary N) is 2. The molecule has 11 nitrogen and oxygen atoms in total. The number of carboxylic acids is 1. The van der Waals surface area contributed by atoms with Crippen molar-refractivity contribution in [2.45, 2.75) is 83.1 Å². The van der Waals surface area contributed by atoms with Gasteiger partial charge in [0.05, 0.1) is 12.1 Å². The fourth-order valence-corrected chi connectivity index (χ4v) is 3.63. The quantitative estimate of drug-likeness (QED) is 0.147. The Morgan fingerprint density at radius 1 is 0.889 bits per heavy atom. The van der Waals surface area contributed by atoms with Crippen LogP contribution in [0.3, 0.4) is 0 Å². The average Bonchev–Trinajstić information content (AvgIpc) is 2.81. The van der Waals surface area contributed by atoms with E-state index >= 15 is 0 Å². The number of aliphatic carboxylic acids is 1. The lowest BCUT2D eigenvalue weighted by Crippen LogP contribution is -2.58. The molecule has 0 aliphatic heterocycles. The van der Waals surface area contributed by atoms with Crippen molar-refractivity contribution in [2.24, 2.45) is 17.4 Å². The van der Waals surface area contributed by atoms with E-state index in [9.17, 15) is 29.4 Å². The lowest BCUT2D eigenvalue weighted by molar-refractivity contribution is -0.145. The summed E-state index contributed by atoms with van der Waals surface area (Å²) in [7, 11) is 0. The van der Waals surface area contributed by atoms with Gasteiger partial charge in [0.25, 0.3) is 0 Å². The van der Waals surface area contributed by atoms with E-state index in [2.05, 4.69) is 16.0 Å². The molecule has 0 radical (unpaired) electrons. The Bertz CT molecular complexity index is 849. The molecule has 1 rings (SSSR count). The minimum absolute atomic E-state index is 0.0703. The molecule has 0 aliphatic rings. The molecule has 5 atom stereocenters. The first-order valence-electron chi connectivity index (χ1n) is 12.3. The van der Waals surface area contributed by atoms with Gasteiger partial charge in [0.15, 0.2) is 6.04 Å². The Morgan fingerprint density at radius 2 is 1.47 bits per heavy atom. The van der Waals surface area contributed by atoms with E-state index in [0.717, 1.165) is 5.56 Å². The number of hydrogen-bond donors (Lipinski definition) is 7. The smallest absolute Gasteiger partial charge is 0.328 e. The molecular weight excluding hydrogens is 466 g/mol. The summed E-state index contributed by atoms with van der Waals surface area (Å²) in [5.74, 6) is -3.07. The van der Waals surface area contributed by atoms with Crippen molar-refractivity contribution in [1.82, 2.24) is 16.0 Å². The Labute approximate surface area is 212 Å². The molecule has 1 aromatic rings. The van der Waals surface area contributed by atoms with Crippen molar-refractivity contribution in [2.75, 3.05) is 6.54 Å². The molecule has 5 unspecified atom stereocenters. The van der Waals surface area contributed by atoms with Crippen molar-refractivity contribution < 1.29 is 29.4 Å². The second kappa shape index (κ2) is 15.9. The highest BCUT2D eigenvalue weighted by Crippen LogP contribution is 2.09. The lowest BCUT2D eigenvalue weighted by atomic mass is 10.0. The van der Waals surface area contributed by atoms with Gasteiger partial charge in [0.1, 0.15) is 12.1 Å². The third-order valence-electron chi connectivity index (χ3n) is 5.60. The van der Waals surface area contributed by atoms with Crippen LogP contribution in [0.2, 0.25) is 0 Å². The minimum Gasteiger partial charge on any atom is -0.480 e. The third-order valence-corrected chi connectivity index (χ3v) is 5.60. The summed E-state index contributed by atoms with van der Waals surface area (Å²) in [4.78, 5) is 50.3. The van der Waals surface area contributed by atoms with Gasteiger partial charge in [-0.05, 0) is 50.6 Å². The SMILES string of the molecule is CC(C)CC(N)C(=O)NC(CCCCN)C(=O)NC(Cc1ccccc1)C(=O)NC(C(=O)O)C(C)O. The van der Waals surface area contributed by atoms with Crippen LogP contribution in [0.15, 0.2) is 30.3 Å². The van der Waals surface area contributed by atoms with Crippen LogP contribution in [-0.4, -0.2) is 70.7 Å². The van der Waals surface area contributed by atoms with Crippen LogP contribution in [0.5, 0.6) is 0 Å². The summed E-state index contributed by atoms with van der Waals surface area (Å²) in [5.41, 5.74) is 12.3. The second-order valence-electron chi connectivity index (χ2n) is 9.40. The Hall–Kier alpha value is -3.02. The zero-order chi connectivity index (χ0) is 27.3. The van der Waals surface area contributed by atoms with Crippen molar-refractivity contribution in [1.29, 1.82) is 0 Å². The highest BCUT2D eigenvalue weighted by atomic mass is 16.4. The van der Waals surface area contributed by atoms with E-state index in [0.29, 0.717) is 25.8 Å². The molecule has 202 valence electrons. The van der Waals surface area contributed by atoms with Gasteiger partial charge in [-0.3, -0.25) is 14.4 Å². The van der Waals surface area contributed by atoms with E-state index < -0.39 is 54.0 Å². The number of amides is 3. The lowest BCUT2D eigenvalue weighted by Gasteiger charge is -2.26. The largest absolute Gasteiger partial charge is 0.480 e. The average molecular weight is 508 g/mol. The monoisotopic (exact) mass is 507 g/mol. The molecule has 0 aromatic heterocycles. The summed E-state index contributed by atoms with van der Waals surface area (Å²) < 4.78 is 0. The molecule has 0 fully saturated rings. The fraction of sp³-hybridized carbons (Fsp3) is 0.600. The highest BCUT2D eigenvalue weighted by molar-refractivity contribution is 5.94. The Kier molecular flexibility index (Phi) is 13.7. The highest BCUT2D eigenvalue weighted by Gasteiger charge is 2.32. The topological polar surface area (TPSA) is 197 Å². The molecule has 0 aliphatic carbocycles. The number of unbranched alkanes of at least 4 members (excludes halogenated alkanes) is 1. The van der Waals surface area contributed by atoms with Gasteiger partial charge in [-0.15, -0.1) is 0 Å². The predicted molar refractivity (Wildman–Crippen MR) is 136 cm³/mol. The molecule has 0 saturated heterocycles. The summed E-state index contributed by atoms with van der Waals surface area (Å²) in [5, 5.41) is 26.7. The molecule has 0 saturated carbocycles. The maximum Gasteiger partial charge on any atom is 0.328 e. The molecule has 0 bridgehead atoms. The van der Waals surface area contributed by atoms with E-state index in [1.165, 1.54) is 6.92 Å². The van der Waals surface area contributed by atoms with Crippen molar-refractivity contribution >= 4 is 23.7 Å². The van der Waals surface area contributed by atoms with Crippen LogP contribution in [0, 0.1) is 5.92 Å². The number of carbonyl (C=O) groups is 4. The second-order valence-corrected chi connectivity index (χ2v) is 9.40. The number of rotatable bonds is 16. The number of carboxylic acid groups (broad SMARTS) is 1. The van der Waals surface area contributed by atoms with Crippen molar-refractivity contribution in [3.05, 3.63) is 35.9 Å². The third kappa shape index (κ3) is 11.1. The maximum atomic E-state index is 13.2. The first kappa shape index (κ1) is 31.0. The fourth-order valence-electron chi connectivity index (χ4n) is 3.63. The van der Waals surface area contributed by atoms with Crippen molar-refractivity contribution in [3.63, 3.8) is 0 Å². The van der Waals surface area contributed by atoms with Gasteiger partial charge in [0, 0.05) is 6.42 Å². The molecule has 11 heteroatoms. The summed E-state index contributed by atoms with van der Waals surface area (Å²) >= 11 is 0. The molecule has 36 heavy (non-hydrogen) atoms. The molecule has 3 amide bonds. The van der Waals surface area contributed by atoms with Crippen molar-refractivity contribution in [3.8, 4) is 0 Å². The van der Waals surface area contributed by atoms with Crippen LogP contribution in [0.25, 0.3) is 0 Å². The van der Waals surface area contributed by atoms with Gasteiger partial charge in [-0.1, -0.05) is 44.2 Å². The molecular formula is C25H41N5O6. The van der Waals surface area contributed by atoms with E-state index in [4.69, 9.17) is 11.5 Å². The van der Waals surface area contributed by atoms with E-state index in [1.807, 2.05) is 13.8 Å². The van der Waals surface area contributed by atoms with Gasteiger partial charge in [0.2, 0.25) is 17.7 Å². The zero-order valence-corrected chi connectivity index (χ0v) is 21.3. The molecule has 0 heterocycles. The summed E-state index contributed by atoms with van der Waals surface area (Å²) in [6.07, 6.45) is 0.644. The van der Waals surface area contributed by atoms with Crippen LogP contribution < -0.4 is 27.4 Å². The molecule has 1 aromatic carbocycles. The van der Waals surface area contributed by atoms with Gasteiger partial charge < -0.3 is 37.6 Å². The number of aliphatic hydroxyl groups excluding tert-OH is 1. The first-order chi connectivity index (χ1) is 17.0. The van der Waals surface area contributed by atoms with E-state index in [-0.39, 0.29) is 18.8 Å². The predicted octanol–water partition coefficient (Wildman–Crippen LogP) is -0.349. The minimum atomic E-state index is -1.55. The van der Waals surface area contributed by atoms with Crippen LogP contribution >= 0.6 is 0 Å². The normalized spacial score (nSPS) is 15.3. The Morgan fingerprint density at radius 3 is 2.00 bits per heavy atom. The molecule has 9 N–H and O–H groups in total. The summed E-state index contributed by atoms with van der Waals surface area (Å²) in [6.45, 7) is 5.53.